The molecular weight excluding hydrogens is 296 g/mol. The van der Waals surface area contributed by atoms with Gasteiger partial charge in [0, 0.05) is 12.4 Å². The summed E-state index contributed by atoms with van der Waals surface area (Å²) in [6, 6.07) is 7.87. The van der Waals surface area contributed by atoms with E-state index in [9.17, 15) is 13.2 Å². The van der Waals surface area contributed by atoms with Gasteiger partial charge in [0.1, 0.15) is 10.6 Å². The molecule has 0 amide bonds. The summed E-state index contributed by atoms with van der Waals surface area (Å²) in [7, 11) is -3.84. The van der Waals surface area contributed by atoms with Crippen molar-refractivity contribution in [1.82, 2.24) is 4.98 Å². The van der Waals surface area contributed by atoms with Crippen molar-refractivity contribution in [2.45, 2.75) is 11.0 Å². The normalized spacial score (nSPS) is 17.9. The standard InChI is InChI=1S/C13H12N2O5S/c16-13(17)12-8-15(10-3-1-2-4-11(10)20-12)21(18,19)9-5-6-14-7-9/h1-7,12,14H,8H2,(H,16,17). The minimum atomic E-state index is -3.84. The lowest BCUT2D eigenvalue weighted by atomic mass is 10.2. The zero-order valence-electron chi connectivity index (χ0n) is 10.8. The molecule has 8 heteroatoms. The molecular formula is C13H12N2O5S. The highest BCUT2D eigenvalue weighted by atomic mass is 32.2. The first-order valence-corrected chi connectivity index (χ1v) is 7.58. The van der Waals surface area contributed by atoms with Crippen LogP contribution in [0.15, 0.2) is 47.6 Å². The summed E-state index contributed by atoms with van der Waals surface area (Å²) in [6.45, 7) is -0.278. The summed E-state index contributed by atoms with van der Waals surface area (Å²) < 4.78 is 31.7. The molecule has 0 bridgehead atoms. The van der Waals surface area contributed by atoms with Gasteiger partial charge >= 0.3 is 5.97 Å². The molecule has 7 nitrogen and oxygen atoms in total. The van der Waals surface area contributed by atoms with Gasteiger partial charge in [-0.05, 0) is 18.2 Å². The average molecular weight is 308 g/mol. The summed E-state index contributed by atoms with van der Waals surface area (Å²) >= 11 is 0. The van der Waals surface area contributed by atoms with Crippen molar-refractivity contribution in [2.24, 2.45) is 0 Å². The Labute approximate surface area is 120 Å². The van der Waals surface area contributed by atoms with Gasteiger partial charge in [0.25, 0.3) is 10.0 Å². The number of aliphatic carboxylic acids is 1. The topological polar surface area (TPSA) is 99.7 Å². The van der Waals surface area contributed by atoms with Gasteiger partial charge in [-0.15, -0.1) is 0 Å². The van der Waals surface area contributed by atoms with E-state index in [1.807, 2.05) is 0 Å². The van der Waals surface area contributed by atoms with Crippen molar-refractivity contribution >= 4 is 21.7 Å². The average Bonchev–Trinajstić information content (AvgIpc) is 3.00. The molecule has 1 aromatic heterocycles. The minimum absolute atomic E-state index is 0.0725. The van der Waals surface area contributed by atoms with E-state index in [2.05, 4.69) is 4.98 Å². The number of nitrogens with one attached hydrogen (secondary N) is 1. The van der Waals surface area contributed by atoms with Crippen LogP contribution in [0.1, 0.15) is 0 Å². The lowest BCUT2D eigenvalue weighted by Crippen LogP contribution is -2.46. The third-order valence-corrected chi connectivity index (χ3v) is 4.94. The number of hydrogen-bond donors (Lipinski definition) is 2. The van der Waals surface area contributed by atoms with Gasteiger partial charge in [-0.1, -0.05) is 12.1 Å². The third kappa shape index (κ3) is 2.23. The molecule has 0 fully saturated rings. The van der Waals surface area contributed by atoms with Crippen LogP contribution in [0.4, 0.5) is 5.69 Å². The van der Waals surface area contributed by atoms with Crippen LogP contribution in [0.25, 0.3) is 0 Å². The van der Waals surface area contributed by atoms with Crippen molar-refractivity contribution in [3.05, 3.63) is 42.7 Å². The van der Waals surface area contributed by atoms with Gasteiger partial charge in [-0.2, -0.15) is 0 Å². The number of para-hydroxylation sites is 2. The molecule has 2 aromatic rings. The van der Waals surface area contributed by atoms with E-state index in [0.29, 0.717) is 5.69 Å². The molecule has 0 aliphatic carbocycles. The minimum Gasteiger partial charge on any atom is -0.478 e. The van der Waals surface area contributed by atoms with E-state index in [0.717, 1.165) is 4.31 Å². The number of sulfonamides is 1. The summed E-state index contributed by atoms with van der Waals surface area (Å²) in [5.74, 6) is -0.978. The molecule has 3 rings (SSSR count). The molecule has 1 aromatic carbocycles. The monoisotopic (exact) mass is 308 g/mol. The Morgan fingerprint density at radius 2 is 2.10 bits per heavy atom. The maximum atomic E-state index is 12.6. The predicted octanol–water partition coefficient (Wildman–Crippen LogP) is 1.06. The SMILES string of the molecule is O=C(O)C1CN(S(=O)(=O)c2cc[nH]c2)c2ccccc2O1. The number of aromatic amines is 1. The fourth-order valence-corrected chi connectivity index (χ4v) is 3.61. The molecule has 1 unspecified atom stereocenters. The number of carboxylic acid groups (broad SMARTS) is 1. The molecule has 110 valence electrons. The molecule has 1 atom stereocenters. The Hall–Kier alpha value is -2.48. The van der Waals surface area contributed by atoms with Crippen molar-refractivity contribution < 1.29 is 23.1 Å². The van der Waals surface area contributed by atoms with Gasteiger partial charge in [0.15, 0.2) is 0 Å². The molecule has 2 heterocycles. The van der Waals surface area contributed by atoms with Gasteiger partial charge in [0.05, 0.1) is 12.2 Å². The Morgan fingerprint density at radius 3 is 2.76 bits per heavy atom. The smallest absolute Gasteiger partial charge is 0.346 e. The molecule has 1 aliphatic heterocycles. The fourth-order valence-electron chi connectivity index (χ4n) is 2.15. The van der Waals surface area contributed by atoms with Crippen molar-refractivity contribution in [3.63, 3.8) is 0 Å². The number of hydrogen-bond acceptors (Lipinski definition) is 4. The number of nitrogens with zero attached hydrogens (tertiary/aromatic N) is 1. The molecule has 0 saturated carbocycles. The summed E-state index contributed by atoms with van der Waals surface area (Å²) in [5, 5.41) is 9.13. The lowest BCUT2D eigenvalue weighted by molar-refractivity contribution is -0.144. The van der Waals surface area contributed by atoms with Crippen LogP contribution < -0.4 is 9.04 Å². The van der Waals surface area contributed by atoms with Crippen LogP contribution in [0.3, 0.4) is 0 Å². The quantitative estimate of drug-likeness (QED) is 0.883. The van der Waals surface area contributed by atoms with E-state index in [1.54, 1.807) is 24.3 Å². The first-order chi connectivity index (χ1) is 10.00. The summed E-state index contributed by atoms with van der Waals surface area (Å²) in [6.07, 6.45) is 1.60. The number of rotatable bonds is 3. The number of carbonyl (C=O) groups is 1. The molecule has 0 radical (unpaired) electrons. The maximum absolute atomic E-state index is 12.6. The first-order valence-electron chi connectivity index (χ1n) is 6.14. The summed E-state index contributed by atoms with van der Waals surface area (Å²) in [4.78, 5) is 13.9. The first kappa shape index (κ1) is 13.5. The number of anilines is 1. The highest BCUT2D eigenvalue weighted by molar-refractivity contribution is 7.92. The highest BCUT2D eigenvalue weighted by Crippen LogP contribution is 2.36. The molecule has 2 N–H and O–H groups in total. The Morgan fingerprint density at radius 1 is 1.33 bits per heavy atom. The van der Waals surface area contributed by atoms with Crippen molar-refractivity contribution in [1.29, 1.82) is 0 Å². The summed E-state index contributed by atoms with van der Waals surface area (Å²) in [5.41, 5.74) is 0.330. The van der Waals surface area contributed by atoms with Crippen LogP contribution >= 0.6 is 0 Å². The largest absolute Gasteiger partial charge is 0.478 e. The van der Waals surface area contributed by atoms with Crippen molar-refractivity contribution in [2.75, 3.05) is 10.8 Å². The van der Waals surface area contributed by atoms with Crippen LogP contribution in [-0.2, 0) is 14.8 Å². The van der Waals surface area contributed by atoms with Crippen molar-refractivity contribution in [3.8, 4) is 5.75 Å². The van der Waals surface area contributed by atoms with E-state index in [1.165, 1.54) is 18.5 Å². The van der Waals surface area contributed by atoms with E-state index in [-0.39, 0.29) is 17.2 Å². The number of ether oxygens (including phenoxy) is 1. The van der Waals surface area contributed by atoms with Gasteiger partial charge < -0.3 is 14.8 Å². The number of carboxylic acids is 1. The Balaban J connectivity index is 2.11. The van der Waals surface area contributed by atoms with Gasteiger partial charge in [-0.3, -0.25) is 4.31 Å². The van der Waals surface area contributed by atoms with Gasteiger partial charge in [0.2, 0.25) is 6.10 Å². The Kier molecular flexibility index (Phi) is 3.09. The molecule has 1 aliphatic rings. The van der Waals surface area contributed by atoms with Crippen LogP contribution in [0.2, 0.25) is 0 Å². The van der Waals surface area contributed by atoms with Gasteiger partial charge in [-0.25, -0.2) is 13.2 Å². The predicted molar refractivity (Wildman–Crippen MR) is 73.8 cm³/mol. The van der Waals surface area contributed by atoms with E-state index < -0.39 is 22.1 Å². The lowest BCUT2D eigenvalue weighted by Gasteiger charge is -2.33. The third-order valence-electron chi connectivity index (χ3n) is 3.17. The zero-order valence-corrected chi connectivity index (χ0v) is 11.6. The van der Waals surface area contributed by atoms with Crippen LogP contribution in [-0.4, -0.2) is 37.1 Å². The second kappa shape index (κ2) is 4.81. The van der Waals surface area contributed by atoms with E-state index >= 15 is 0 Å². The van der Waals surface area contributed by atoms with E-state index in [4.69, 9.17) is 9.84 Å². The highest BCUT2D eigenvalue weighted by Gasteiger charge is 2.37. The number of benzene rings is 1. The second-order valence-corrected chi connectivity index (χ2v) is 6.36. The maximum Gasteiger partial charge on any atom is 0.346 e. The number of fused-ring (bicyclic) bond motifs is 1. The number of aromatic nitrogens is 1. The fraction of sp³-hybridized carbons (Fsp3) is 0.154. The zero-order chi connectivity index (χ0) is 15.0. The number of H-pyrrole nitrogens is 1. The Bertz CT molecular complexity index is 770. The molecule has 0 spiro atoms. The second-order valence-electron chi connectivity index (χ2n) is 4.50. The molecule has 21 heavy (non-hydrogen) atoms. The van der Waals surface area contributed by atoms with Crippen LogP contribution in [0.5, 0.6) is 5.75 Å². The molecule has 0 saturated heterocycles. The van der Waals surface area contributed by atoms with Crippen LogP contribution in [0, 0.1) is 0 Å².